The van der Waals surface area contributed by atoms with Crippen LogP contribution in [0.4, 0.5) is 0 Å². The summed E-state index contributed by atoms with van der Waals surface area (Å²) in [5, 5.41) is 0.274. The quantitative estimate of drug-likeness (QED) is 0.764. The standard InChI is InChI=1S/C12H22O3S/c1-5-16-12(13)9-6-7-10(14-4)15-11(9)8(2)3/h8-11H,5-7H2,1-4H3/t9-,10?,11-/m1/s1. The summed E-state index contributed by atoms with van der Waals surface area (Å²) in [7, 11) is 1.66. The van der Waals surface area contributed by atoms with Gasteiger partial charge in [-0.1, -0.05) is 32.5 Å². The van der Waals surface area contributed by atoms with Crippen molar-refractivity contribution in [1.82, 2.24) is 0 Å². The number of methoxy groups -OCH3 is 1. The van der Waals surface area contributed by atoms with Gasteiger partial charge in [-0.25, -0.2) is 0 Å². The van der Waals surface area contributed by atoms with E-state index in [0.29, 0.717) is 5.92 Å². The smallest absolute Gasteiger partial charge is 0.194 e. The molecule has 4 heteroatoms. The molecule has 3 nitrogen and oxygen atoms in total. The monoisotopic (exact) mass is 246 g/mol. The van der Waals surface area contributed by atoms with Crippen molar-refractivity contribution in [1.29, 1.82) is 0 Å². The topological polar surface area (TPSA) is 35.5 Å². The molecule has 1 aliphatic heterocycles. The van der Waals surface area contributed by atoms with Gasteiger partial charge < -0.3 is 9.47 Å². The third kappa shape index (κ3) is 3.47. The summed E-state index contributed by atoms with van der Waals surface area (Å²) in [5.41, 5.74) is 0. The zero-order valence-electron chi connectivity index (χ0n) is 10.6. The summed E-state index contributed by atoms with van der Waals surface area (Å²) < 4.78 is 11.0. The van der Waals surface area contributed by atoms with Gasteiger partial charge in [-0.15, -0.1) is 0 Å². The lowest BCUT2D eigenvalue weighted by atomic mass is 9.88. The first-order valence-electron chi connectivity index (χ1n) is 5.95. The van der Waals surface area contributed by atoms with Crippen LogP contribution >= 0.6 is 11.8 Å². The van der Waals surface area contributed by atoms with Crippen LogP contribution in [0.1, 0.15) is 33.6 Å². The van der Waals surface area contributed by atoms with Crippen molar-refractivity contribution in [3.8, 4) is 0 Å². The first-order chi connectivity index (χ1) is 7.60. The zero-order chi connectivity index (χ0) is 12.1. The van der Waals surface area contributed by atoms with E-state index < -0.39 is 0 Å². The Morgan fingerprint density at radius 1 is 1.50 bits per heavy atom. The second-order valence-electron chi connectivity index (χ2n) is 4.45. The summed E-state index contributed by atoms with van der Waals surface area (Å²) in [4.78, 5) is 12.0. The molecule has 0 aromatic carbocycles. The number of hydrogen-bond acceptors (Lipinski definition) is 4. The van der Waals surface area contributed by atoms with Gasteiger partial charge in [0.1, 0.15) is 0 Å². The van der Waals surface area contributed by atoms with E-state index in [1.54, 1.807) is 7.11 Å². The molecular weight excluding hydrogens is 224 g/mol. The Morgan fingerprint density at radius 3 is 2.69 bits per heavy atom. The molecule has 0 spiro atoms. The second-order valence-corrected chi connectivity index (χ2v) is 5.71. The minimum absolute atomic E-state index is 0.00486. The summed E-state index contributed by atoms with van der Waals surface area (Å²) in [5.74, 6) is 1.23. The first kappa shape index (κ1) is 14.0. The number of carbonyl (C=O) groups is 1. The number of rotatable bonds is 4. The molecule has 0 aromatic heterocycles. The van der Waals surface area contributed by atoms with Crippen molar-refractivity contribution < 1.29 is 14.3 Å². The molecule has 0 saturated carbocycles. The highest BCUT2D eigenvalue weighted by atomic mass is 32.2. The van der Waals surface area contributed by atoms with Gasteiger partial charge >= 0.3 is 0 Å². The maximum atomic E-state index is 12.0. The molecule has 94 valence electrons. The van der Waals surface area contributed by atoms with E-state index in [0.717, 1.165) is 18.6 Å². The van der Waals surface area contributed by atoms with Gasteiger partial charge in [0, 0.05) is 7.11 Å². The fraction of sp³-hybridized carbons (Fsp3) is 0.917. The molecule has 3 atom stereocenters. The molecule has 1 saturated heterocycles. The van der Waals surface area contributed by atoms with Gasteiger partial charge in [0.05, 0.1) is 12.0 Å². The number of hydrogen-bond donors (Lipinski definition) is 0. The molecule has 1 rings (SSSR count). The van der Waals surface area contributed by atoms with E-state index in [1.807, 2.05) is 6.92 Å². The van der Waals surface area contributed by atoms with E-state index in [2.05, 4.69) is 13.8 Å². The highest BCUT2D eigenvalue weighted by Gasteiger charge is 2.37. The fourth-order valence-electron chi connectivity index (χ4n) is 2.11. The number of carbonyl (C=O) groups excluding carboxylic acids is 1. The Labute approximate surface area is 102 Å². The zero-order valence-corrected chi connectivity index (χ0v) is 11.4. The third-order valence-electron chi connectivity index (χ3n) is 2.93. The predicted octanol–water partition coefficient (Wildman–Crippen LogP) is 2.69. The van der Waals surface area contributed by atoms with E-state index in [-0.39, 0.29) is 23.4 Å². The molecular formula is C12H22O3S. The molecule has 0 amide bonds. The molecule has 1 aliphatic rings. The SMILES string of the molecule is CCSC(=O)[C@@H]1CCC(OC)O[C@@H]1C(C)C. The van der Waals surface area contributed by atoms with E-state index in [4.69, 9.17) is 9.47 Å². The van der Waals surface area contributed by atoms with Crippen LogP contribution in [0, 0.1) is 11.8 Å². The van der Waals surface area contributed by atoms with Crippen molar-refractivity contribution in [2.75, 3.05) is 12.9 Å². The maximum absolute atomic E-state index is 12.0. The summed E-state index contributed by atoms with van der Waals surface area (Å²) in [6, 6.07) is 0. The minimum Gasteiger partial charge on any atom is -0.356 e. The molecule has 16 heavy (non-hydrogen) atoms. The lowest BCUT2D eigenvalue weighted by molar-refractivity contribution is -0.206. The minimum atomic E-state index is -0.136. The molecule has 1 fully saturated rings. The van der Waals surface area contributed by atoms with Crippen LogP contribution in [0.2, 0.25) is 0 Å². The second kappa shape index (κ2) is 6.62. The van der Waals surface area contributed by atoms with E-state index in [9.17, 15) is 4.79 Å². The van der Waals surface area contributed by atoms with Gasteiger partial charge in [0.25, 0.3) is 0 Å². The lowest BCUT2D eigenvalue weighted by Crippen LogP contribution is -2.42. The Balaban J connectivity index is 2.64. The molecule has 0 N–H and O–H groups in total. The van der Waals surface area contributed by atoms with Crippen LogP contribution in [0.3, 0.4) is 0 Å². The van der Waals surface area contributed by atoms with Gasteiger partial charge in [0.15, 0.2) is 11.4 Å². The molecule has 0 aromatic rings. The first-order valence-corrected chi connectivity index (χ1v) is 6.93. The Kier molecular flexibility index (Phi) is 5.79. The maximum Gasteiger partial charge on any atom is 0.194 e. The van der Waals surface area contributed by atoms with Crippen molar-refractivity contribution in [2.24, 2.45) is 11.8 Å². The van der Waals surface area contributed by atoms with Crippen molar-refractivity contribution in [3.63, 3.8) is 0 Å². The molecule has 0 radical (unpaired) electrons. The Morgan fingerprint density at radius 2 is 2.19 bits per heavy atom. The molecule has 1 heterocycles. The van der Waals surface area contributed by atoms with Crippen molar-refractivity contribution >= 4 is 16.9 Å². The van der Waals surface area contributed by atoms with Gasteiger partial charge in [-0.3, -0.25) is 4.79 Å². The van der Waals surface area contributed by atoms with Crippen LogP contribution in [0.15, 0.2) is 0 Å². The average Bonchev–Trinajstić information content (AvgIpc) is 2.28. The average molecular weight is 246 g/mol. The van der Waals surface area contributed by atoms with Crippen LogP contribution < -0.4 is 0 Å². The summed E-state index contributed by atoms with van der Waals surface area (Å²) in [6.07, 6.45) is 1.57. The van der Waals surface area contributed by atoms with Gasteiger partial charge in [-0.05, 0) is 24.5 Å². The van der Waals surface area contributed by atoms with Crippen molar-refractivity contribution in [3.05, 3.63) is 0 Å². The Hall–Kier alpha value is -0.0600. The normalized spacial score (nSPS) is 30.7. The summed E-state index contributed by atoms with van der Waals surface area (Å²) in [6.45, 7) is 6.20. The van der Waals surface area contributed by atoms with Gasteiger partial charge in [-0.2, -0.15) is 0 Å². The number of thioether (sulfide) groups is 1. The number of ether oxygens (including phenoxy) is 2. The Bertz CT molecular complexity index is 230. The highest BCUT2D eigenvalue weighted by Crippen LogP contribution is 2.33. The molecule has 0 bridgehead atoms. The predicted molar refractivity (Wildman–Crippen MR) is 66.4 cm³/mol. The highest BCUT2D eigenvalue weighted by molar-refractivity contribution is 8.13. The van der Waals surface area contributed by atoms with E-state index >= 15 is 0 Å². The molecule has 0 aliphatic carbocycles. The lowest BCUT2D eigenvalue weighted by Gasteiger charge is -2.37. The van der Waals surface area contributed by atoms with Crippen LogP contribution in [0.25, 0.3) is 0 Å². The van der Waals surface area contributed by atoms with Gasteiger partial charge in [0.2, 0.25) is 0 Å². The summed E-state index contributed by atoms with van der Waals surface area (Å²) >= 11 is 1.41. The van der Waals surface area contributed by atoms with Crippen LogP contribution in [-0.4, -0.2) is 30.4 Å². The van der Waals surface area contributed by atoms with E-state index in [1.165, 1.54) is 11.8 Å². The molecule has 1 unspecified atom stereocenters. The van der Waals surface area contributed by atoms with Crippen LogP contribution in [0.5, 0.6) is 0 Å². The fourth-order valence-corrected chi connectivity index (χ4v) is 2.87. The third-order valence-corrected chi connectivity index (χ3v) is 3.80. The largest absolute Gasteiger partial charge is 0.356 e. The van der Waals surface area contributed by atoms with Crippen molar-refractivity contribution in [2.45, 2.75) is 46.0 Å². The van der Waals surface area contributed by atoms with Crippen LogP contribution in [-0.2, 0) is 14.3 Å².